The minimum atomic E-state index is -0.499. The van der Waals surface area contributed by atoms with Crippen molar-refractivity contribution >= 4 is 29.2 Å². The van der Waals surface area contributed by atoms with Gasteiger partial charge >= 0.3 is 6.09 Å². The number of amides is 1. The van der Waals surface area contributed by atoms with Crippen LogP contribution in [-0.4, -0.2) is 45.1 Å². The molecule has 0 spiro atoms. The highest BCUT2D eigenvalue weighted by atomic mass is 32.1. The Hall–Kier alpha value is -1.83. The molecular formula is C14H23N5O2S. The lowest BCUT2D eigenvalue weighted by molar-refractivity contribution is 0.0224. The molecule has 1 aromatic heterocycles. The standard InChI is InChI=1S/C14H23N5O2S/c1-14(2,3)21-13(20)19-7-6-10-9(8-19)11(18(5)17-10)16-12(22)15-4/h6-8H2,1-5H3,(H2,15,16,22). The second kappa shape index (κ2) is 6.12. The van der Waals surface area contributed by atoms with Crippen LogP contribution in [0.1, 0.15) is 32.0 Å². The summed E-state index contributed by atoms with van der Waals surface area (Å²) in [4.78, 5) is 13.9. The molecule has 1 aliphatic heterocycles. The van der Waals surface area contributed by atoms with Gasteiger partial charge in [0, 0.05) is 32.6 Å². The quantitative estimate of drug-likeness (QED) is 0.765. The number of anilines is 1. The first-order chi connectivity index (χ1) is 10.2. The van der Waals surface area contributed by atoms with Crippen LogP contribution in [0.15, 0.2) is 0 Å². The van der Waals surface area contributed by atoms with Crippen molar-refractivity contribution in [3.05, 3.63) is 11.3 Å². The highest BCUT2D eigenvalue weighted by Gasteiger charge is 2.29. The summed E-state index contributed by atoms with van der Waals surface area (Å²) in [5.74, 6) is 0.808. The van der Waals surface area contributed by atoms with Crippen molar-refractivity contribution in [3.8, 4) is 0 Å². The van der Waals surface area contributed by atoms with E-state index in [9.17, 15) is 4.79 Å². The Morgan fingerprint density at radius 3 is 2.68 bits per heavy atom. The van der Waals surface area contributed by atoms with Crippen molar-refractivity contribution in [1.82, 2.24) is 20.0 Å². The van der Waals surface area contributed by atoms with Crippen molar-refractivity contribution in [2.75, 3.05) is 18.9 Å². The molecule has 122 valence electrons. The lowest BCUT2D eigenvalue weighted by atomic mass is 10.1. The normalized spacial score (nSPS) is 14.3. The number of carbonyl (C=O) groups is 1. The molecule has 0 saturated heterocycles. The molecule has 22 heavy (non-hydrogen) atoms. The molecule has 0 saturated carbocycles. The second-order valence-corrected chi connectivity index (χ2v) is 6.66. The van der Waals surface area contributed by atoms with Gasteiger partial charge in [0.2, 0.25) is 0 Å². The number of carbonyl (C=O) groups excluding carboxylic acids is 1. The zero-order valence-electron chi connectivity index (χ0n) is 13.7. The first kappa shape index (κ1) is 16.5. The van der Waals surface area contributed by atoms with E-state index in [0.29, 0.717) is 24.6 Å². The SMILES string of the molecule is CNC(=S)Nc1c2c(nn1C)CCN(C(=O)OC(C)(C)C)C2. The molecule has 1 aliphatic rings. The van der Waals surface area contributed by atoms with Crippen LogP contribution in [0.25, 0.3) is 0 Å². The van der Waals surface area contributed by atoms with Gasteiger partial charge in [0.1, 0.15) is 11.4 Å². The predicted octanol–water partition coefficient (Wildman–Crippen LogP) is 1.63. The summed E-state index contributed by atoms with van der Waals surface area (Å²) >= 11 is 5.15. The van der Waals surface area contributed by atoms with Gasteiger partial charge in [-0.3, -0.25) is 4.68 Å². The monoisotopic (exact) mass is 325 g/mol. The Labute approximate surface area is 136 Å². The van der Waals surface area contributed by atoms with Crippen LogP contribution in [0.4, 0.5) is 10.6 Å². The third-order valence-corrected chi connectivity index (χ3v) is 3.61. The van der Waals surface area contributed by atoms with Crippen molar-refractivity contribution in [2.45, 2.75) is 39.3 Å². The van der Waals surface area contributed by atoms with Crippen LogP contribution in [0, 0.1) is 0 Å². The van der Waals surface area contributed by atoms with Crippen molar-refractivity contribution in [1.29, 1.82) is 0 Å². The summed E-state index contributed by atoms with van der Waals surface area (Å²) in [6.45, 7) is 6.66. The lowest BCUT2D eigenvalue weighted by Crippen LogP contribution is -2.40. The predicted molar refractivity (Wildman–Crippen MR) is 88.8 cm³/mol. The minimum Gasteiger partial charge on any atom is -0.444 e. The molecule has 0 aromatic carbocycles. The first-order valence-electron chi connectivity index (χ1n) is 7.22. The highest BCUT2D eigenvalue weighted by molar-refractivity contribution is 7.80. The molecule has 1 aromatic rings. The first-order valence-corrected chi connectivity index (χ1v) is 7.63. The van der Waals surface area contributed by atoms with Crippen LogP contribution in [0.5, 0.6) is 0 Å². The maximum atomic E-state index is 12.2. The minimum absolute atomic E-state index is 0.302. The summed E-state index contributed by atoms with van der Waals surface area (Å²) < 4.78 is 7.20. The third-order valence-electron chi connectivity index (χ3n) is 3.31. The van der Waals surface area contributed by atoms with Crippen LogP contribution in [0.2, 0.25) is 0 Å². The lowest BCUT2D eigenvalue weighted by Gasteiger charge is -2.30. The van der Waals surface area contributed by atoms with E-state index in [4.69, 9.17) is 17.0 Å². The molecule has 2 rings (SSSR count). The third kappa shape index (κ3) is 3.68. The van der Waals surface area contributed by atoms with E-state index >= 15 is 0 Å². The number of hydrogen-bond acceptors (Lipinski definition) is 4. The van der Waals surface area contributed by atoms with Gasteiger partial charge in [-0.1, -0.05) is 0 Å². The largest absolute Gasteiger partial charge is 0.444 e. The molecule has 7 nitrogen and oxygen atoms in total. The van der Waals surface area contributed by atoms with E-state index in [-0.39, 0.29) is 6.09 Å². The van der Waals surface area contributed by atoms with Gasteiger partial charge in [-0.15, -0.1) is 0 Å². The van der Waals surface area contributed by atoms with Gasteiger partial charge < -0.3 is 20.3 Å². The van der Waals surface area contributed by atoms with Crippen LogP contribution >= 0.6 is 12.2 Å². The van der Waals surface area contributed by atoms with Crippen molar-refractivity contribution < 1.29 is 9.53 Å². The van der Waals surface area contributed by atoms with E-state index in [0.717, 1.165) is 17.1 Å². The van der Waals surface area contributed by atoms with Gasteiger partial charge in [-0.25, -0.2) is 4.79 Å². The van der Waals surface area contributed by atoms with Gasteiger partial charge in [-0.05, 0) is 33.0 Å². The summed E-state index contributed by atoms with van der Waals surface area (Å²) in [5.41, 5.74) is 1.47. The molecule has 1 amide bonds. The summed E-state index contributed by atoms with van der Waals surface area (Å²) in [5, 5.41) is 11.0. The molecule has 8 heteroatoms. The molecular weight excluding hydrogens is 302 g/mol. The molecule has 2 N–H and O–H groups in total. The summed E-state index contributed by atoms with van der Waals surface area (Å²) in [6, 6.07) is 0. The number of nitrogens with one attached hydrogen (secondary N) is 2. The zero-order chi connectivity index (χ0) is 16.5. The van der Waals surface area contributed by atoms with Gasteiger partial charge in [-0.2, -0.15) is 5.10 Å². The van der Waals surface area contributed by atoms with Crippen molar-refractivity contribution in [3.63, 3.8) is 0 Å². The number of ether oxygens (including phenoxy) is 1. The number of aryl methyl sites for hydroxylation is 1. The molecule has 0 fully saturated rings. The van der Waals surface area contributed by atoms with Crippen LogP contribution in [0.3, 0.4) is 0 Å². The topological polar surface area (TPSA) is 71.4 Å². The maximum Gasteiger partial charge on any atom is 0.410 e. The van der Waals surface area contributed by atoms with E-state index < -0.39 is 5.60 Å². The fraction of sp³-hybridized carbons (Fsp3) is 0.643. The number of hydrogen-bond donors (Lipinski definition) is 2. The average Bonchev–Trinajstić information content (AvgIpc) is 2.72. The Kier molecular flexibility index (Phi) is 4.60. The Bertz CT molecular complexity index is 591. The van der Waals surface area contributed by atoms with Crippen molar-refractivity contribution in [2.24, 2.45) is 7.05 Å². The molecule has 0 atom stereocenters. The van der Waals surface area contributed by atoms with E-state index in [1.165, 1.54) is 0 Å². The zero-order valence-corrected chi connectivity index (χ0v) is 14.5. The number of nitrogens with zero attached hydrogens (tertiary/aromatic N) is 3. The number of aromatic nitrogens is 2. The smallest absolute Gasteiger partial charge is 0.410 e. The number of thiocarbonyl (C=S) groups is 1. The molecule has 0 bridgehead atoms. The maximum absolute atomic E-state index is 12.2. The van der Waals surface area contributed by atoms with E-state index in [1.54, 1.807) is 16.6 Å². The molecule has 0 unspecified atom stereocenters. The molecule has 0 aliphatic carbocycles. The summed E-state index contributed by atoms with van der Waals surface area (Å²) in [6.07, 6.45) is 0.403. The van der Waals surface area contributed by atoms with E-state index in [2.05, 4.69) is 15.7 Å². The summed E-state index contributed by atoms with van der Waals surface area (Å²) in [7, 11) is 3.61. The van der Waals surface area contributed by atoms with Crippen LogP contribution < -0.4 is 10.6 Å². The van der Waals surface area contributed by atoms with Gasteiger partial charge in [0.05, 0.1) is 12.2 Å². The Morgan fingerprint density at radius 1 is 1.41 bits per heavy atom. The molecule has 0 radical (unpaired) electrons. The average molecular weight is 325 g/mol. The Morgan fingerprint density at radius 2 is 2.09 bits per heavy atom. The highest BCUT2D eigenvalue weighted by Crippen LogP contribution is 2.26. The Balaban J connectivity index is 2.18. The second-order valence-electron chi connectivity index (χ2n) is 6.25. The molecule has 2 heterocycles. The van der Waals surface area contributed by atoms with Gasteiger partial charge in [0.25, 0.3) is 0 Å². The van der Waals surface area contributed by atoms with Gasteiger partial charge in [0.15, 0.2) is 5.11 Å². The number of fused-ring (bicyclic) bond motifs is 1. The van der Waals surface area contributed by atoms with E-state index in [1.807, 2.05) is 27.8 Å². The van der Waals surface area contributed by atoms with Crippen LogP contribution in [-0.2, 0) is 24.8 Å². The number of rotatable bonds is 1. The fourth-order valence-corrected chi connectivity index (χ4v) is 2.41. The fourth-order valence-electron chi connectivity index (χ4n) is 2.31.